The van der Waals surface area contributed by atoms with E-state index in [0.717, 1.165) is 29.3 Å². The number of halogens is 2. The smallest absolute Gasteiger partial charge is 0.274 e. The zero-order valence-electron chi connectivity index (χ0n) is 17.0. The van der Waals surface area contributed by atoms with Gasteiger partial charge in [0.15, 0.2) is 5.78 Å². The van der Waals surface area contributed by atoms with Gasteiger partial charge in [-0.1, -0.05) is 35.3 Å². The number of ketones is 1. The number of benzene rings is 2. The molecule has 5 rings (SSSR count). The Bertz CT molecular complexity index is 1110. The third-order valence-electron chi connectivity index (χ3n) is 6.94. The molecule has 1 aliphatic heterocycles. The summed E-state index contributed by atoms with van der Waals surface area (Å²) in [5.41, 5.74) is 0.449. The molecule has 0 aromatic heterocycles. The summed E-state index contributed by atoms with van der Waals surface area (Å²) in [5, 5.41) is 2.54. The molecule has 0 N–H and O–H groups in total. The molecule has 0 spiro atoms. The van der Waals surface area contributed by atoms with Crippen molar-refractivity contribution in [1.29, 1.82) is 0 Å². The summed E-state index contributed by atoms with van der Waals surface area (Å²) in [6, 6.07) is 12.6. The fourth-order valence-corrected chi connectivity index (χ4v) is 5.84. The molecule has 3 aliphatic rings. The van der Waals surface area contributed by atoms with E-state index in [1.54, 1.807) is 42.5 Å². The summed E-state index contributed by atoms with van der Waals surface area (Å²) in [7, 11) is 0. The molecule has 1 heterocycles. The minimum atomic E-state index is -0.660. The minimum Gasteiger partial charge on any atom is -0.292 e. The maximum absolute atomic E-state index is 13.5. The Kier molecular flexibility index (Phi) is 5.30. The van der Waals surface area contributed by atoms with Gasteiger partial charge < -0.3 is 0 Å². The molecule has 8 heteroatoms. The molecule has 3 fully saturated rings. The molecular weight excluding hydrogens is 451 g/mol. The minimum absolute atomic E-state index is 0.124. The van der Waals surface area contributed by atoms with Gasteiger partial charge in [0, 0.05) is 10.6 Å². The van der Waals surface area contributed by atoms with Crippen LogP contribution in [0.3, 0.4) is 0 Å². The number of hydrazine groups is 1. The Morgan fingerprint density at radius 2 is 1.50 bits per heavy atom. The van der Waals surface area contributed by atoms with Crippen LogP contribution in [0.5, 0.6) is 0 Å². The van der Waals surface area contributed by atoms with Crippen LogP contribution < -0.4 is 0 Å². The SMILES string of the molecule is O=C(CN(C(=O)c1ccccc1Cl)N1C(=O)[C@H]2[C@H]3CC[C@@H](C3)[C@@H]2C1=O)c1ccc(Cl)cc1. The molecule has 0 radical (unpaired) electrons. The Labute approximate surface area is 195 Å². The number of rotatable bonds is 5. The number of Topliss-reactive ketones (excluding diaryl/α,β-unsaturated/α-hetero) is 1. The summed E-state index contributed by atoms with van der Waals surface area (Å²) in [6.07, 6.45) is 2.71. The molecular formula is C24H20Cl2N2O4. The third kappa shape index (κ3) is 3.33. The molecule has 6 nitrogen and oxygen atoms in total. The topological polar surface area (TPSA) is 74.8 Å². The van der Waals surface area contributed by atoms with Crippen LogP contribution in [0.25, 0.3) is 0 Å². The molecule has 4 atom stereocenters. The quantitative estimate of drug-likeness (QED) is 0.483. The van der Waals surface area contributed by atoms with Crippen molar-refractivity contribution in [3.05, 3.63) is 69.7 Å². The van der Waals surface area contributed by atoms with Gasteiger partial charge in [0.25, 0.3) is 17.7 Å². The standard InChI is InChI=1S/C24H20Cl2N2O4/c25-16-9-7-13(8-10-16)19(29)12-27(22(30)17-3-1-2-4-18(17)26)28-23(31)20-14-5-6-15(11-14)21(20)24(28)32/h1-4,7-10,14-15,20-21H,5-6,11-12H2/t14-,15-,20-,21-/m0/s1. The van der Waals surface area contributed by atoms with Gasteiger partial charge in [-0.15, -0.1) is 0 Å². The molecule has 164 valence electrons. The van der Waals surface area contributed by atoms with Crippen molar-refractivity contribution >= 4 is 46.7 Å². The van der Waals surface area contributed by atoms with Crippen LogP contribution >= 0.6 is 23.2 Å². The van der Waals surface area contributed by atoms with Crippen molar-refractivity contribution in [2.75, 3.05) is 6.54 Å². The zero-order chi connectivity index (χ0) is 22.6. The lowest BCUT2D eigenvalue weighted by molar-refractivity contribution is -0.154. The summed E-state index contributed by atoms with van der Waals surface area (Å²) in [5.74, 6) is -2.35. The lowest BCUT2D eigenvalue weighted by Crippen LogP contribution is -2.52. The van der Waals surface area contributed by atoms with Gasteiger partial charge in [0.05, 0.1) is 22.4 Å². The predicted octanol–water partition coefficient (Wildman–Crippen LogP) is 4.26. The monoisotopic (exact) mass is 470 g/mol. The summed E-state index contributed by atoms with van der Waals surface area (Å²) in [6.45, 7) is -0.460. The van der Waals surface area contributed by atoms with Crippen LogP contribution in [0, 0.1) is 23.7 Å². The highest BCUT2D eigenvalue weighted by molar-refractivity contribution is 6.34. The first-order valence-corrected chi connectivity index (χ1v) is 11.4. The van der Waals surface area contributed by atoms with Crippen molar-refractivity contribution in [3.63, 3.8) is 0 Å². The second-order valence-corrected chi connectivity index (χ2v) is 9.49. The lowest BCUT2D eigenvalue weighted by Gasteiger charge is -2.31. The molecule has 1 saturated heterocycles. The number of carbonyl (C=O) groups excluding carboxylic acids is 4. The van der Waals surface area contributed by atoms with E-state index in [0.29, 0.717) is 10.6 Å². The Morgan fingerprint density at radius 3 is 2.09 bits per heavy atom. The molecule has 2 saturated carbocycles. The van der Waals surface area contributed by atoms with E-state index in [9.17, 15) is 19.2 Å². The number of hydrogen-bond acceptors (Lipinski definition) is 4. The van der Waals surface area contributed by atoms with Gasteiger partial charge in [0.2, 0.25) is 0 Å². The summed E-state index contributed by atoms with van der Waals surface area (Å²) < 4.78 is 0. The zero-order valence-corrected chi connectivity index (χ0v) is 18.6. The van der Waals surface area contributed by atoms with Gasteiger partial charge in [-0.3, -0.25) is 19.2 Å². The number of fused-ring (bicyclic) bond motifs is 5. The average Bonchev–Trinajstić information content (AvgIpc) is 3.46. The first-order chi connectivity index (χ1) is 15.4. The normalized spacial score (nSPS) is 25.9. The van der Waals surface area contributed by atoms with Gasteiger partial charge in [-0.2, -0.15) is 5.01 Å². The van der Waals surface area contributed by atoms with E-state index in [1.165, 1.54) is 6.07 Å². The Morgan fingerprint density at radius 1 is 0.906 bits per heavy atom. The van der Waals surface area contributed by atoms with Crippen molar-refractivity contribution in [2.24, 2.45) is 23.7 Å². The molecule has 3 amide bonds. The second kappa shape index (κ2) is 8.01. The van der Waals surface area contributed by atoms with Crippen LogP contribution in [0.4, 0.5) is 0 Å². The molecule has 2 aromatic rings. The van der Waals surface area contributed by atoms with E-state index in [1.807, 2.05) is 0 Å². The van der Waals surface area contributed by atoms with E-state index in [4.69, 9.17) is 23.2 Å². The van der Waals surface area contributed by atoms with Gasteiger partial charge in [-0.05, 0) is 67.5 Å². The lowest BCUT2D eigenvalue weighted by atomic mass is 9.81. The first-order valence-electron chi connectivity index (χ1n) is 10.6. The number of carbonyl (C=O) groups is 4. The Hall–Kier alpha value is -2.70. The Balaban J connectivity index is 1.51. The number of nitrogens with zero attached hydrogens (tertiary/aromatic N) is 2. The van der Waals surface area contributed by atoms with Crippen LogP contribution in [-0.4, -0.2) is 40.1 Å². The van der Waals surface area contributed by atoms with Crippen molar-refractivity contribution in [3.8, 4) is 0 Å². The average molecular weight is 471 g/mol. The molecule has 2 aliphatic carbocycles. The van der Waals surface area contributed by atoms with Gasteiger partial charge in [-0.25, -0.2) is 5.01 Å². The van der Waals surface area contributed by atoms with Gasteiger partial charge >= 0.3 is 0 Å². The molecule has 0 unspecified atom stereocenters. The summed E-state index contributed by atoms with van der Waals surface area (Å²) >= 11 is 12.1. The largest absolute Gasteiger partial charge is 0.292 e. The number of hydrogen-bond donors (Lipinski definition) is 0. The predicted molar refractivity (Wildman–Crippen MR) is 118 cm³/mol. The highest BCUT2D eigenvalue weighted by Gasteiger charge is 2.62. The van der Waals surface area contributed by atoms with Crippen LogP contribution in [0.15, 0.2) is 48.5 Å². The molecule has 2 bridgehead atoms. The van der Waals surface area contributed by atoms with E-state index >= 15 is 0 Å². The van der Waals surface area contributed by atoms with Crippen LogP contribution in [-0.2, 0) is 9.59 Å². The third-order valence-corrected chi connectivity index (χ3v) is 7.53. The fraction of sp³-hybridized carbons (Fsp3) is 0.333. The highest BCUT2D eigenvalue weighted by atomic mass is 35.5. The number of amides is 3. The first kappa shape index (κ1) is 21.2. The van der Waals surface area contributed by atoms with E-state index in [-0.39, 0.29) is 22.4 Å². The number of imide groups is 1. The van der Waals surface area contributed by atoms with E-state index < -0.39 is 41.9 Å². The summed E-state index contributed by atoms with van der Waals surface area (Å²) in [4.78, 5) is 53.2. The van der Waals surface area contributed by atoms with Gasteiger partial charge in [0.1, 0.15) is 6.54 Å². The molecule has 2 aromatic carbocycles. The van der Waals surface area contributed by atoms with Crippen molar-refractivity contribution in [1.82, 2.24) is 10.0 Å². The fourth-order valence-electron chi connectivity index (χ4n) is 5.50. The second-order valence-electron chi connectivity index (χ2n) is 8.65. The maximum Gasteiger partial charge on any atom is 0.274 e. The van der Waals surface area contributed by atoms with Crippen LogP contribution in [0.1, 0.15) is 40.0 Å². The van der Waals surface area contributed by atoms with Crippen molar-refractivity contribution in [2.45, 2.75) is 19.3 Å². The van der Waals surface area contributed by atoms with E-state index in [2.05, 4.69) is 0 Å². The van der Waals surface area contributed by atoms with Crippen molar-refractivity contribution < 1.29 is 19.2 Å². The maximum atomic E-state index is 13.5. The van der Waals surface area contributed by atoms with Crippen LogP contribution in [0.2, 0.25) is 10.0 Å². The highest BCUT2D eigenvalue weighted by Crippen LogP contribution is 2.56. The molecule has 32 heavy (non-hydrogen) atoms.